The number of amides is 1. The zero-order chi connectivity index (χ0) is 18.0. The predicted octanol–water partition coefficient (Wildman–Crippen LogP) is 4.12. The maximum Gasteiger partial charge on any atom is 0.265 e. The van der Waals surface area contributed by atoms with E-state index in [9.17, 15) is 4.79 Å². The quantitative estimate of drug-likeness (QED) is 0.698. The number of hydrogen-bond donors (Lipinski definition) is 2. The summed E-state index contributed by atoms with van der Waals surface area (Å²) in [7, 11) is 1.93. The number of anilines is 1. The van der Waals surface area contributed by atoms with Crippen LogP contribution in [0.15, 0.2) is 30.3 Å². The first-order valence-corrected chi connectivity index (χ1v) is 9.38. The van der Waals surface area contributed by atoms with E-state index in [0.29, 0.717) is 10.8 Å². The molecule has 0 saturated heterocycles. The van der Waals surface area contributed by atoms with E-state index in [1.54, 1.807) is 0 Å². The number of hydrogen-bond acceptors (Lipinski definition) is 4. The molecular weight excluding hydrogens is 332 g/mol. The van der Waals surface area contributed by atoms with Crippen molar-refractivity contribution < 1.29 is 4.79 Å². The third-order valence-electron chi connectivity index (χ3n) is 4.07. The second-order valence-corrected chi connectivity index (χ2v) is 7.46. The van der Waals surface area contributed by atoms with Crippen LogP contribution in [0, 0.1) is 0 Å². The van der Waals surface area contributed by atoms with Crippen LogP contribution in [0.1, 0.15) is 47.6 Å². The highest BCUT2D eigenvalue weighted by atomic mass is 32.1. The number of nitrogens with zero attached hydrogens (tertiary/aromatic N) is 2. The smallest absolute Gasteiger partial charge is 0.265 e. The largest absolute Gasteiger partial charge is 0.321 e. The lowest BCUT2D eigenvalue weighted by Crippen LogP contribution is -2.13. The van der Waals surface area contributed by atoms with Gasteiger partial charge in [-0.3, -0.25) is 9.48 Å². The Morgan fingerprint density at radius 1 is 1.32 bits per heavy atom. The Labute approximate surface area is 152 Å². The summed E-state index contributed by atoms with van der Waals surface area (Å²) in [6, 6.07) is 9.91. The first-order chi connectivity index (χ1) is 12.0. The van der Waals surface area contributed by atoms with Crippen molar-refractivity contribution in [2.45, 2.75) is 33.2 Å². The van der Waals surface area contributed by atoms with E-state index in [-0.39, 0.29) is 5.91 Å². The minimum atomic E-state index is -0.0727. The minimum Gasteiger partial charge on any atom is -0.321 e. The molecule has 0 fully saturated rings. The molecule has 0 bridgehead atoms. The van der Waals surface area contributed by atoms with Gasteiger partial charge in [-0.2, -0.15) is 5.10 Å². The molecule has 0 atom stereocenters. The molecule has 5 nitrogen and oxygen atoms in total. The standard InChI is InChI=1S/C19H24N4OS/c1-5-20-11-13-7-6-8-14(9-13)21-18(24)16-10-15-17(12(2)3)22-23(4)19(15)25-16/h6-10,12,20H,5,11H2,1-4H3,(H,21,24). The number of nitrogens with one attached hydrogen (secondary N) is 2. The highest BCUT2D eigenvalue weighted by molar-refractivity contribution is 7.20. The van der Waals surface area contributed by atoms with Crippen LogP contribution in [0.25, 0.3) is 10.2 Å². The van der Waals surface area contributed by atoms with Crippen LogP contribution in [-0.2, 0) is 13.6 Å². The summed E-state index contributed by atoms with van der Waals surface area (Å²) in [6.07, 6.45) is 0. The molecule has 0 radical (unpaired) electrons. The Balaban J connectivity index is 1.82. The van der Waals surface area contributed by atoms with Crippen LogP contribution >= 0.6 is 11.3 Å². The fourth-order valence-electron chi connectivity index (χ4n) is 2.83. The van der Waals surface area contributed by atoms with Crippen LogP contribution in [0.4, 0.5) is 5.69 Å². The van der Waals surface area contributed by atoms with Crippen molar-refractivity contribution in [2.75, 3.05) is 11.9 Å². The first-order valence-electron chi connectivity index (χ1n) is 8.57. The van der Waals surface area contributed by atoms with Crippen LogP contribution in [-0.4, -0.2) is 22.2 Å². The van der Waals surface area contributed by atoms with E-state index in [0.717, 1.165) is 40.3 Å². The molecule has 0 aliphatic carbocycles. The van der Waals surface area contributed by atoms with Crippen LogP contribution in [0.2, 0.25) is 0 Å². The summed E-state index contributed by atoms with van der Waals surface area (Å²) >= 11 is 1.48. The lowest BCUT2D eigenvalue weighted by atomic mass is 10.1. The van der Waals surface area contributed by atoms with Crippen LogP contribution in [0.3, 0.4) is 0 Å². The van der Waals surface area contributed by atoms with Gasteiger partial charge in [-0.1, -0.05) is 32.9 Å². The van der Waals surface area contributed by atoms with Gasteiger partial charge >= 0.3 is 0 Å². The monoisotopic (exact) mass is 356 g/mol. The zero-order valence-corrected chi connectivity index (χ0v) is 15.9. The average molecular weight is 356 g/mol. The van der Waals surface area contributed by atoms with Crippen molar-refractivity contribution in [3.63, 3.8) is 0 Å². The molecule has 2 aromatic heterocycles. The Kier molecular flexibility index (Phi) is 5.20. The molecule has 0 spiro atoms. The molecule has 3 rings (SSSR count). The van der Waals surface area contributed by atoms with Gasteiger partial charge in [0.1, 0.15) is 4.83 Å². The van der Waals surface area contributed by atoms with Gasteiger partial charge in [0.15, 0.2) is 0 Å². The molecule has 1 aromatic carbocycles. The van der Waals surface area contributed by atoms with Crippen LogP contribution < -0.4 is 10.6 Å². The second-order valence-electron chi connectivity index (χ2n) is 6.43. The number of benzene rings is 1. The maximum atomic E-state index is 12.7. The maximum absolute atomic E-state index is 12.7. The van der Waals surface area contributed by atoms with E-state index >= 15 is 0 Å². The Morgan fingerprint density at radius 2 is 2.12 bits per heavy atom. The van der Waals surface area contributed by atoms with E-state index < -0.39 is 0 Å². The lowest BCUT2D eigenvalue weighted by Gasteiger charge is -2.07. The van der Waals surface area contributed by atoms with Crippen molar-refractivity contribution in [2.24, 2.45) is 7.05 Å². The summed E-state index contributed by atoms with van der Waals surface area (Å²) in [4.78, 5) is 14.4. The third kappa shape index (κ3) is 3.75. The molecule has 3 aromatic rings. The summed E-state index contributed by atoms with van der Waals surface area (Å²) in [5.41, 5.74) is 3.02. The molecule has 0 aliphatic heterocycles. The van der Waals surface area contributed by atoms with Gasteiger partial charge in [-0.25, -0.2) is 0 Å². The molecule has 0 saturated carbocycles. The van der Waals surface area contributed by atoms with E-state index in [1.165, 1.54) is 11.3 Å². The number of carbonyl (C=O) groups excluding carboxylic acids is 1. The summed E-state index contributed by atoms with van der Waals surface area (Å²) < 4.78 is 1.86. The first kappa shape index (κ1) is 17.6. The van der Waals surface area contributed by atoms with Gasteiger partial charge in [-0.05, 0) is 36.2 Å². The minimum absolute atomic E-state index is 0.0727. The van der Waals surface area contributed by atoms with Gasteiger partial charge in [0.25, 0.3) is 5.91 Å². The number of aryl methyl sites for hydroxylation is 1. The summed E-state index contributed by atoms with van der Waals surface area (Å²) in [5.74, 6) is 0.258. The summed E-state index contributed by atoms with van der Waals surface area (Å²) in [6.45, 7) is 8.04. The molecule has 0 unspecified atom stereocenters. The van der Waals surface area contributed by atoms with Gasteiger partial charge in [-0.15, -0.1) is 11.3 Å². The fourth-order valence-corrected chi connectivity index (χ4v) is 3.80. The second kappa shape index (κ2) is 7.37. The lowest BCUT2D eigenvalue weighted by molar-refractivity contribution is 0.103. The average Bonchev–Trinajstić information content (AvgIpc) is 3.14. The van der Waals surface area contributed by atoms with Gasteiger partial charge in [0, 0.05) is 24.7 Å². The van der Waals surface area contributed by atoms with Crippen molar-refractivity contribution in [3.05, 3.63) is 46.5 Å². The van der Waals surface area contributed by atoms with Crippen molar-refractivity contribution in [1.82, 2.24) is 15.1 Å². The number of thiophene rings is 1. The Morgan fingerprint density at radius 3 is 2.84 bits per heavy atom. The number of fused-ring (bicyclic) bond motifs is 1. The fraction of sp³-hybridized carbons (Fsp3) is 0.368. The molecule has 1 amide bonds. The summed E-state index contributed by atoms with van der Waals surface area (Å²) in [5, 5.41) is 11.9. The normalized spacial score (nSPS) is 11.4. The molecule has 132 valence electrons. The number of rotatable bonds is 6. The molecule has 2 heterocycles. The third-order valence-corrected chi connectivity index (χ3v) is 5.28. The highest BCUT2D eigenvalue weighted by Gasteiger charge is 2.18. The Hall–Kier alpha value is -2.18. The van der Waals surface area contributed by atoms with E-state index in [2.05, 4.69) is 42.6 Å². The predicted molar refractivity (Wildman–Crippen MR) is 104 cm³/mol. The molecule has 6 heteroatoms. The van der Waals surface area contributed by atoms with Crippen LogP contribution in [0.5, 0.6) is 0 Å². The van der Waals surface area contributed by atoms with E-state index in [1.807, 2.05) is 36.0 Å². The van der Waals surface area contributed by atoms with E-state index in [4.69, 9.17) is 0 Å². The van der Waals surface area contributed by atoms with Crippen molar-refractivity contribution >= 4 is 33.1 Å². The van der Waals surface area contributed by atoms with Gasteiger partial charge < -0.3 is 10.6 Å². The molecular formula is C19H24N4OS. The highest BCUT2D eigenvalue weighted by Crippen LogP contribution is 2.31. The van der Waals surface area contributed by atoms with Gasteiger partial charge in [0.2, 0.25) is 0 Å². The number of aromatic nitrogens is 2. The number of carbonyl (C=O) groups is 1. The Bertz CT molecular complexity index is 894. The van der Waals surface area contributed by atoms with Gasteiger partial charge in [0.05, 0.1) is 10.6 Å². The SMILES string of the molecule is CCNCc1cccc(NC(=O)c2cc3c(C(C)C)nn(C)c3s2)c1. The molecule has 25 heavy (non-hydrogen) atoms. The van der Waals surface area contributed by atoms with Crippen molar-refractivity contribution in [3.8, 4) is 0 Å². The topological polar surface area (TPSA) is 58.9 Å². The molecule has 2 N–H and O–H groups in total. The zero-order valence-electron chi connectivity index (χ0n) is 15.1. The molecule has 0 aliphatic rings. The van der Waals surface area contributed by atoms with Crippen molar-refractivity contribution in [1.29, 1.82) is 0 Å².